The van der Waals surface area contributed by atoms with E-state index < -0.39 is 23.8 Å². The molecule has 0 aromatic heterocycles. The molecule has 0 bridgehead atoms. The second kappa shape index (κ2) is 10.9. The highest BCUT2D eigenvalue weighted by atomic mass is 16.6. The number of carboxylic acids is 1. The van der Waals surface area contributed by atoms with Gasteiger partial charge >= 0.3 is 12.1 Å². The van der Waals surface area contributed by atoms with Crippen molar-refractivity contribution in [3.05, 3.63) is 95.8 Å². The summed E-state index contributed by atoms with van der Waals surface area (Å²) < 4.78 is 11.0. The van der Waals surface area contributed by atoms with Crippen LogP contribution in [0.2, 0.25) is 0 Å². The molecule has 2 aliphatic heterocycles. The van der Waals surface area contributed by atoms with Gasteiger partial charge in [0.2, 0.25) is 11.4 Å². The van der Waals surface area contributed by atoms with Gasteiger partial charge in [0, 0.05) is 25.6 Å². The van der Waals surface area contributed by atoms with Gasteiger partial charge in [0.05, 0.1) is 6.42 Å². The fraction of sp³-hybridized carbons (Fsp3) is 0.259. The third kappa shape index (κ3) is 5.00. The summed E-state index contributed by atoms with van der Waals surface area (Å²) in [4.78, 5) is 51.1. The van der Waals surface area contributed by atoms with E-state index in [1.165, 1.54) is 4.90 Å². The molecule has 9 nitrogen and oxygen atoms in total. The number of carboxylic acid groups (broad SMARTS) is 1. The molecule has 2 saturated heterocycles. The Bertz CT molecular complexity index is 1180. The van der Waals surface area contributed by atoms with Crippen LogP contribution in [-0.2, 0) is 37.0 Å². The molecule has 2 amide bonds. The van der Waals surface area contributed by atoms with Crippen molar-refractivity contribution < 1.29 is 33.8 Å². The third-order valence-electron chi connectivity index (χ3n) is 6.15. The quantitative estimate of drug-likeness (QED) is 0.235. The van der Waals surface area contributed by atoms with Crippen LogP contribution < -0.4 is 0 Å². The van der Waals surface area contributed by atoms with Crippen molar-refractivity contribution >= 4 is 24.3 Å². The minimum absolute atomic E-state index is 0.0625. The second-order valence-corrected chi connectivity index (χ2v) is 8.45. The number of rotatable bonds is 10. The number of fused-ring (bicyclic) bond motifs is 1. The van der Waals surface area contributed by atoms with Gasteiger partial charge in [-0.25, -0.2) is 9.59 Å². The lowest BCUT2D eigenvalue weighted by molar-refractivity contribution is -0.170. The number of benzene rings is 2. The number of nitrogens with zero attached hydrogens (tertiary/aromatic N) is 2. The number of hydrogen-bond donors (Lipinski definition) is 1. The number of aldehydes is 1. The van der Waals surface area contributed by atoms with E-state index in [4.69, 9.17) is 9.47 Å². The van der Waals surface area contributed by atoms with Crippen molar-refractivity contribution in [2.45, 2.75) is 37.8 Å². The Morgan fingerprint density at radius 1 is 1.08 bits per heavy atom. The number of carbonyl (C=O) groups excluding carboxylic acids is 3. The van der Waals surface area contributed by atoms with Crippen LogP contribution in [0.15, 0.2) is 84.7 Å². The largest absolute Gasteiger partial charge is 0.479 e. The molecular weight excluding hydrogens is 464 g/mol. The molecule has 0 radical (unpaired) electrons. The summed E-state index contributed by atoms with van der Waals surface area (Å²) in [6, 6.07) is 18.7. The van der Waals surface area contributed by atoms with E-state index in [-0.39, 0.29) is 44.2 Å². The van der Waals surface area contributed by atoms with Crippen molar-refractivity contribution in [3.8, 4) is 0 Å². The molecule has 4 rings (SSSR count). The average molecular weight is 491 g/mol. The zero-order chi connectivity index (χ0) is 25.5. The average Bonchev–Trinajstić information content (AvgIpc) is 3.14. The minimum Gasteiger partial charge on any atom is -0.479 e. The highest BCUT2D eigenvalue weighted by Crippen LogP contribution is 2.46. The molecule has 2 aromatic rings. The molecule has 2 heterocycles. The first kappa shape index (κ1) is 24.7. The molecule has 0 spiro atoms. The smallest absolute Gasteiger partial charge is 0.410 e. The number of ether oxygens (including phenoxy) is 2. The number of carbonyl (C=O) groups is 4. The summed E-state index contributed by atoms with van der Waals surface area (Å²) in [5.41, 5.74) is -0.0388. The van der Waals surface area contributed by atoms with Crippen molar-refractivity contribution in [1.82, 2.24) is 9.80 Å². The van der Waals surface area contributed by atoms with E-state index >= 15 is 0 Å². The topological polar surface area (TPSA) is 113 Å². The fourth-order valence-corrected chi connectivity index (χ4v) is 4.31. The summed E-state index contributed by atoms with van der Waals surface area (Å²) in [5, 5.41) is 10.0. The van der Waals surface area contributed by atoms with Crippen molar-refractivity contribution in [2.75, 3.05) is 6.54 Å². The molecule has 0 aliphatic carbocycles. The summed E-state index contributed by atoms with van der Waals surface area (Å²) in [5.74, 6) is -1.73. The summed E-state index contributed by atoms with van der Waals surface area (Å²) in [6.45, 7) is 0.546. The van der Waals surface area contributed by atoms with Crippen molar-refractivity contribution in [2.24, 2.45) is 0 Å². The first-order valence-corrected chi connectivity index (χ1v) is 11.5. The summed E-state index contributed by atoms with van der Waals surface area (Å²) >= 11 is 0. The number of aliphatic carboxylic acids is 1. The van der Waals surface area contributed by atoms with Gasteiger partial charge in [-0.15, -0.1) is 0 Å². The Morgan fingerprint density at radius 3 is 2.36 bits per heavy atom. The normalized spacial score (nSPS) is 21.6. The van der Waals surface area contributed by atoms with Gasteiger partial charge in [-0.2, -0.15) is 0 Å². The Balaban J connectivity index is 1.48. The molecule has 186 valence electrons. The molecule has 36 heavy (non-hydrogen) atoms. The van der Waals surface area contributed by atoms with Gasteiger partial charge in [0.1, 0.15) is 18.7 Å². The number of β-lactam (4-membered cyclic amide) rings is 1. The van der Waals surface area contributed by atoms with Gasteiger partial charge in [-0.05, 0) is 11.1 Å². The second-order valence-electron chi connectivity index (χ2n) is 8.45. The zero-order valence-corrected chi connectivity index (χ0v) is 19.5. The van der Waals surface area contributed by atoms with Crippen molar-refractivity contribution in [1.29, 1.82) is 0 Å². The van der Waals surface area contributed by atoms with E-state index in [0.29, 0.717) is 6.29 Å². The van der Waals surface area contributed by atoms with Crippen LogP contribution in [-0.4, -0.2) is 57.5 Å². The SMILES string of the molecule is O=CC=C1O[C@@H]2CC(=O)N2C1(CC=CCN(Cc1ccccc1)C(=O)OCc1ccccc1)C(=O)O. The van der Waals surface area contributed by atoms with E-state index in [0.717, 1.165) is 22.1 Å². The van der Waals surface area contributed by atoms with Crippen LogP contribution >= 0.6 is 0 Å². The highest BCUT2D eigenvalue weighted by Gasteiger charge is 2.64. The van der Waals surface area contributed by atoms with Crippen molar-refractivity contribution in [3.63, 3.8) is 0 Å². The molecule has 1 unspecified atom stereocenters. The van der Waals surface area contributed by atoms with Crippen LogP contribution in [0.1, 0.15) is 24.0 Å². The maximum atomic E-state index is 12.9. The summed E-state index contributed by atoms with van der Waals surface area (Å²) in [7, 11) is 0. The number of amides is 2. The molecule has 2 fully saturated rings. The maximum absolute atomic E-state index is 12.9. The van der Waals surface area contributed by atoms with E-state index in [1.807, 2.05) is 60.7 Å². The van der Waals surface area contributed by atoms with Crippen LogP contribution in [0.5, 0.6) is 0 Å². The lowest BCUT2D eigenvalue weighted by Crippen LogP contribution is -2.62. The van der Waals surface area contributed by atoms with Gasteiger partial charge in [0.15, 0.2) is 6.23 Å². The predicted octanol–water partition coefficient (Wildman–Crippen LogP) is 3.27. The van der Waals surface area contributed by atoms with Gasteiger partial charge in [-0.1, -0.05) is 72.8 Å². The Kier molecular flexibility index (Phi) is 7.48. The molecule has 2 aromatic carbocycles. The van der Waals surface area contributed by atoms with Crippen LogP contribution in [0.3, 0.4) is 0 Å². The van der Waals surface area contributed by atoms with Crippen LogP contribution in [0.25, 0.3) is 0 Å². The summed E-state index contributed by atoms with van der Waals surface area (Å²) in [6.07, 6.45) is 3.42. The monoisotopic (exact) mass is 490 g/mol. The Morgan fingerprint density at radius 2 is 1.75 bits per heavy atom. The minimum atomic E-state index is -1.80. The number of allylic oxidation sites excluding steroid dienone is 1. The third-order valence-corrected chi connectivity index (χ3v) is 6.15. The maximum Gasteiger partial charge on any atom is 0.410 e. The van der Waals surface area contributed by atoms with Crippen LogP contribution in [0, 0.1) is 0 Å². The zero-order valence-electron chi connectivity index (χ0n) is 19.5. The Hall–Kier alpha value is -4.40. The standard InChI is InChI=1S/C27H26N2O7/c30-16-13-22-27(25(32)33,29-23(31)17-24(29)36-22)14-7-8-15-28(18-20-9-3-1-4-10-20)26(34)35-19-21-11-5-2-6-12-21/h1-13,16,24H,14-15,17-19H2,(H,32,33)/t24-,27?/m1/s1. The first-order chi connectivity index (χ1) is 17.5. The van der Waals surface area contributed by atoms with Gasteiger partial charge < -0.3 is 19.5 Å². The highest BCUT2D eigenvalue weighted by molar-refractivity contribution is 5.95. The van der Waals surface area contributed by atoms with Gasteiger partial charge in [-0.3, -0.25) is 14.5 Å². The first-order valence-electron chi connectivity index (χ1n) is 11.5. The van der Waals surface area contributed by atoms with E-state index in [2.05, 4.69) is 0 Å². The molecule has 9 heteroatoms. The molecule has 2 atom stereocenters. The fourth-order valence-electron chi connectivity index (χ4n) is 4.31. The van der Waals surface area contributed by atoms with E-state index in [1.54, 1.807) is 12.2 Å². The Labute approximate surface area is 208 Å². The predicted molar refractivity (Wildman–Crippen MR) is 128 cm³/mol. The lowest BCUT2D eigenvalue weighted by atomic mass is 9.88. The van der Waals surface area contributed by atoms with Crippen LogP contribution in [0.4, 0.5) is 4.79 Å². The molecular formula is C27H26N2O7. The molecule has 0 saturated carbocycles. The number of hydrogen-bond acceptors (Lipinski definition) is 6. The molecule has 1 N–H and O–H groups in total. The van der Waals surface area contributed by atoms with E-state index in [9.17, 15) is 24.3 Å². The molecule has 2 aliphatic rings. The van der Waals surface area contributed by atoms with Gasteiger partial charge in [0.25, 0.3) is 0 Å². The lowest BCUT2D eigenvalue weighted by Gasteiger charge is -2.40.